The number of nitrogens with zero attached hydrogens (tertiary/aromatic N) is 2. The van der Waals surface area contributed by atoms with E-state index in [1.807, 2.05) is 6.07 Å². The first kappa shape index (κ1) is 12.3. The van der Waals surface area contributed by atoms with Gasteiger partial charge in [-0.3, -0.25) is 0 Å². The molecule has 1 heterocycles. The second-order valence-electron chi connectivity index (χ2n) is 5.85. The van der Waals surface area contributed by atoms with Crippen LogP contribution >= 0.6 is 0 Å². The number of anilines is 1. The van der Waals surface area contributed by atoms with Crippen molar-refractivity contribution in [3.05, 3.63) is 36.0 Å². The maximum absolute atomic E-state index is 6.33. The standard InChI is InChI=1S/C16H21N3/c1-11(2)10-19-15(17)14(12-8-9-12)18-16(19)13-6-4-3-5-7-13/h3-7,11-12H,8-10,17H2,1-2H3. The molecule has 0 aliphatic heterocycles. The maximum Gasteiger partial charge on any atom is 0.141 e. The summed E-state index contributed by atoms with van der Waals surface area (Å²) in [5.74, 6) is 3.05. The Morgan fingerprint density at radius 3 is 2.53 bits per heavy atom. The molecule has 3 nitrogen and oxygen atoms in total. The van der Waals surface area contributed by atoms with Crippen LogP contribution in [0, 0.1) is 5.92 Å². The Morgan fingerprint density at radius 1 is 1.26 bits per heavy atom. The molecule has 0 spiro atoms. The first-order valence-electron chi connectivity index (χ1n) is 7.08. The van der Waals surface area contributed by atoms with Crippen molar-refractivity contribution in [2.24, 2.45) is 5.92 Å². The van der Waals surface area contributed by atoms with Gasteiger partial charge in [-0.05, 0) is 18.8 Å². The van der Waals surface area contributed by atoms with Crippen molar-refractivity contribution in [1.82, 2.24) is 9.55 Å². The summed E-state index contributed by atoms with van der Waals surface area (Å²) in [7, 11) is 0. The SMILES string of the molecule is CC(C)Cn1c(-c2ccccc2)nc(C2CC2)c1N. The molecule has 1 fully saturated rings. The Balaban J connectivity index is 2.08. The molecule has 0 unspecified atom stereocenters. The van der Waals surface area contributed by atoms with E-state index >= 15 is 0 Å². The summed E-state index contributed by atoms with van der Waals surface area (Å²) in [5.41, 5.74) is 8.60. The first-order chi connectivity index (χ1) is 9.16. The van der Waals surface area contributed by atoms with Crippen LogP contribution in [0.2, 0.25) is 0 Å². The molecule has 1 aliphatic rings. The van der Waals surface area contributed by atoms with Crippen LogP contribution in [0.4, 0.5) is 5.82 Å². The number of imidazole rings is 1. The number of rotatable bonds is 4. The zero-order chi connectivity index (χ0) is 13.4. The third kappa shape index (κ3) is 2.37. The largest absolute Gasteiger partial charge is 0.384 e. The van der Waals surface area contributed by atoms with Gasteiger partial charge in [-0.25, -0.2) is 4.98 Å². The summed E-state index contributed by atoms with van der Waals surface area (Å²) in [6.07, 6.45) is 2.47. The lowest BCUT2D eigenvalue weighted by Gasteiger charge is -2.12. The molecule has 3 rings (SSSR count). The number of benzene rings is 1. The highest BCUT2D eigenvalue weighted by atomic mass is 15.1. The van der Waals surface area contributed by atoms with E-state index in [9.17, 15) is 0 Å². The Labute approximate surface area is 114 Å². The normalized spacial score (nSPS) is 15.1. The van der Waals surface area contributed by atoms with Crippen LogP contribution in [0.15, 0.2) is 30.3 Å². The van der Waals surface area contributed by atoms with Gasteiger partial charge >= 0.3 is 0 Å². The Bertz CT molecular complexity index is 565. The molecule has 0 bridgehead atoms. The lowest BCUT2D eigenvalue weighted by atomic mass is 10.2. The molecule has 1 saturated carbocycles. The highest BCUT2D eigenvalue weighted by Gasteiger charge is 2.30. The molecule has 2 N–H and O–H groups in total. The lowest BCUT2D eigenvalue weighted by molar-refractivity contribution is 0.531. The highest BCUT2D eigenvalue weighted by Crippen LogP contribution is 2.43. The number of nitrogen functional groups attached to an aromatic ring is 1. The van der Waals surface area contributed by atoms with E-state index in [2.05, 4.69) is 42.7 Å². The van der Waals surface area contributed by atoms with Gasteiger partial charge in [0.15, 0.2) is 0 Å². The van der Waals surface area contributed by atoms with Crippen molar-refractivity contribution in [3.8, 4) is 11.4 Å². The molecule has 0 amide bonds. The van der Waals surface area contributed by atoms with Crippen molar-refractivity contribution >= 4 is 5.82 Å². The van der Waals surface area contributed by atoms with Crippen LogP contribution in [0.5, 0.6) is 0 Å². The Kier molecular flexibility index (Phi) is 3.05. The minimum atomic E-state index is 0.561. The second kappa shape index (κ2) is 4.72. The monoisotopic (exact) mass is 255 g/mol. The quantitative estimate of drug-likeness (QED) is 0.906. The molecule has 100 valence electrons. The number of aromatic nitrogens is 2. The van der Waals surface area contributed by atoms with Crippen molar-refractivity contribution in [2.45, 2.75) is 39.2 Å². The minimum absolute atomic E-state index is 0.561. The van der Waals surface area contributed by atoms with Crippen LogP contribution in [0.25, 0.3) is 11.4 Å². The summed E-state index contributed by atoms with van der Waals surface area (Å²) in [6.45, 7) is 5.35. The van der Waals surface area contributed by atoms with Gasteiger partial charge in [-0.2, -0.15) is 0 Å². The van der Waals surface area contributed by atoms with Crippen LogP contribution in [0.3, 0.4) is 0 Å². The molecule has 0 atom stereocenters. The fourth-order valence-corrected chi connectivity index (χ4v) is 2.50. The van der Waals surface area contributed by atoms with Crippen LogP contribution in [-0.2, 0) is 6.54 Å². The summed E-state index contributed by atoms with van der Waals surface area (Å²) in [4.78, 5) is 4.83. The van der Waals surface area contributed by atoms with Crippen molar-refractivity contribution < 1.29 is 0 Å². The van der Waals surface area contributed by atoms with Gasteiger partial charge in [0.1, 0.15) is 11.6 Å². The molecule has 0 saturated heterocycles. The molecular formula is C16H21N3. The maximum atomic E-state index is 6.33. The van der Waals surface area contributed by atoms with E-state index in [0.717, 1.165) is 29.4 Å². The highest BCUT2D eigenvalue weighted by molar-refractivity contribution is 5.61. The predicted molar refractivity (Wildman–Crippen MR) is 78.9 cm³/mol. The average Bonchev–Trinajstić information content (AvgIpc) is 3.18. The van der Waals surface area contributed by atoms with E-state index < -0.39 is 0 Å². The number of hydrogen-bond donors (Lipinski definition) is 1. The van der Waals surface area contributed by atoms with Crippen LogP contribution in [0.1, 0.15) is 38.3 Å². The van der Waals surface area contributed by atoms with E-state index in [0.29, 0.717) is 11.8 Å². The van der Waals surface area contributed by atoms with Crippen LogP contribution in [-0.4, -0.2) is 9.55 Å². The average molecular weight is 255 g/mol. The van der Waals surface area contributed by atoms with Gasteiger partial charge in [0.2, 0.25) is 0 Å². The summed E-state index contributed by atoms with van der Waals surface area (Å²) < 4.78 is 2.19. The molecule has 3 heteroatoms. The van der Waals surface area contributed by atoms with Gasteiger partial charge < -0.3 is 10.3 Å². The summed E-state index contributed by atoms with van der Waals surface area (Å²) >= 11 is 0. The third-order valence-corrected chi connectivity index (χ3v) is 3.58. The lowest BCUT2D eigenvalue weighted by Crippen LogP contribution is -2.09. The molecule has 19 heavy (non-hydrogen) atoms. The fourth-order valence-electron chi connectivity index (χ4n) is 2.50. The van der Waals surface area contributed by atoms with Crippen molar-refractivity contribution in [2.75, 3.05) is 5.73 Å². The van der Waals surface area contributed by atoms with Crippen LogP contribution < -0.4 is 5.73 Å². The fraction of sp³-hybridized carbons (Fsp3) is 0.438. The molecule has 0 radical (unpaired) electrons. The van der Waals surface area contributed by atoms with Gasteiger partial charge in [0, 0.05) is 18.0 Å². The Morgan fingerprint density at radius 2 is 1.95 bits per heavy atom. The zero-order valence-corrected chi connectivity index (χ0v) is 11.6. The second-order valence-corrected chi connectivity index (χ2v) is 5.85. The van der Waals surface area contributed by atoms with Crippen molar-refractivity contribution in [1.29, 1.82) is 0 Å². The smallest absolute Gasteiger partial charge is 0.141 e. The summed E-state index contributed by atoms with van der Waals surface area (Å²) in [5, 5.41) is 0. The molecule has 1 aromatic heterocycles. The molecule has 2 aromatic rings. The van der Waals surface area contributed by atoms with Crippen molar-refractivity contribution in [3.63, 3.8) is 0 Å². The van der Waals surface area contributed by atoms with E-state index in [4.69, 9.17) is 10.7 Å². The van der Waals surface area contributed by atoms with Gasteiger partial charge in [0.25, 0.3) is 0 Å². The topological polar surface area (TPSA) is 43.8 Å². The number of nitrogens with two attached hydrogens (primary N) is 1. The van der Waals surface area contributed by atoms with E-state index in [1.165, 1.54) is 12.8 Å². The molecule has 1 aromatic carbocycles. The van der Waals surface area contributed by atoms with E-state index in [-0.39, 0.29) is 0 Å². The van der Waals surface area contributed by atoms with Gasteiger partial charge in [-0.1, -0.05) is 44.2 Å². The zero-order valence-electron chi connectivity index (χ0n) is 11.6. The summed E-state index contributed by atoms with van der Waals surface area (Å²) in [6, 6.07) is 10.3. The van der Waals surface area contributed by atoms with Gasteiger partial charge in [-0.15, -0.1) is 0 Å². The minimum Gasteiger partial charge on any atom is -0.384 e. The Hall–Kier alpha value is -1.77. The first-order valence-corrected chi connectivity index (χ1v) is 7.08. The third-order valence-electron chi connectivity index (χ3n) is 3.58. The predicted octanol–water partition coefficient (Wildman–Crippen LogP) is 3.67. The number of hydrogen-bond acceptors (Lipinski definition) is 2. The van der Waals surface area contributed by atoms with E-state index in [1.54, 1.807) is 0 Å². The molecular weight excluding hydrogens is 234 g/mol. The molecule has 1 aliphatic carbocycles. The van der Waals surface area contributed by atoms with Gasteiger partial charge in [0.05, 0.1) is 5.69 Å².